The fourth-order valence-corrected chi connectivity index (χ4v) is 3.13. The van der Waals surface area contributed by atoms with Crippen LogP contribution in [0.2, 0.25) is 0 Å². The van der Waals surface area contributed by atoms with Crippen LogP contribution in [0.1, 0.15) is 44.1 Å². The molecule has 1 aromatic carbocycles. The maximum absolute atomic E-state index is 10.2. The first-order chi connectivity index (χ1) is 9.25. The van der Waals surface area contributed by atoms with Crippen LogP contribution in [0, 0.1) is 0 Å². The minimum atomic E-state index is -0.254. The maximum Gasteiger partial charge on any atom is 0.0707 e. The van der Waals surface area contributed by atoms with E-state index >= 15 is 0 Å². The Morgan fingerprint density at radius 2 is 1.74 bits per heavy atom. The van der Waals surface area contributed by atoms with Gasteiger partial charge in [0, 0.05) is 12.6 Å². The number of aliphatic hydroxyl groups excluding tert-OH is 1. The summed E-state index contributed by atoms with van der Waals surface area (Å²) in [5.41, 5.74) is 1.23. The van der Waals surface area contributed by atoms with E-state index in [-0.39, 0.29) is 6.10 Å². The van der Waals surface area contributed by atoms with E-state index in [4.69, 9.17) is 0 Å². The Morgan fingerprint density at radius 3 is 2.37 bits per heavy atom. The third-order valence-corrected chi connectivity index (χ3v) is 4.26. The zero-order valence-electron chi connectivity index (χ0n) is 12.1. The second kappa shape index (κ2) is 7.66. The molecule has 2 nitrogen and oxygen atoms in total. The van der Waals surface area contributed by atoms with E-state index in [1.165, 1.54) is 44.1 Å². The van der Waals surface area contributed by atoms with Crippen LogP contribution < -0.4 is 0 Å². The largest absolute Gasteiger partial charge is 0.391 e. The van der Waals surface area contributed by atoms with E-state index in [1.807, 2.05) is 18.2 Å². The summed E-state index contributed by atoms with van der Waals surface area (Å²) in [7, 11) is 2.17. The predicted octanol–water partition coefficient (Wildman–Crippen LogP) is 3.24. The zero-order chi connectivity index (χ0) is 13.5. The van der Waals surface area contributed by atoms with E-state index in [1.54, 1.807) is 0 Å². The Hall–Kier alpha value is -0.860. The van der Waals surface area contributed by atoms with Crippen molar-refractivity contribution in [3.8, 4) is 0 Å². The molecule has 2 heteroatoms. The van der Waals surface area contributed by atoms with Gasteiger partial charge in [-0.25, -0.2) is 0 Å². The molecule has 0 aliphatic heterocycles. The summed E-state index contributed by atoms with van der Waals surface area (Å²) in [5.74, 6) is 0. The normalized spacial score (nSPS) is 19.3. The first-order valence-corrected chi connectivity index (χ1v) is 7.68. The first-order valence-electron chi connectivity index (χ1n) is 7.68. The van der Waals surface area contributed by atoms with Gasteiger partial charge in [-0.2, -0.15) is 0 Å². The Morgan fingerprint density at radius 1 is 1.11 bits per heavy atom. The second-order valence-corrected chi connectivity index (χ2v) is 5.93. The van der Waals surface area contributed by atoms with Crippen LogP contribution >= 0.6 is 0 Å². The molecule has 19 heavy (non-hydrogen) atoms. The predicted molar refractivity (Wildman–Crippen MR) is 80.3 cm³/mol. The summed E-state index contributed by atoms with van der Waals surface area (Å²) >= 11 is 0. The third-order valence-electron chi connectivity index (χ3n) is 4.26. The fraction of sp³-hybridized carbons (Fsp3) is 0.647. The summed E-state index contributed by atoms with van der Waals surface area (Å²) in [6, 6.07) is 11.0. The number of nitrogens with zero attached hydrogens (tertiary/aromatic N) is 1. The number of benzene rings is 1. The lowest BCUT2D eigenvalue weighted by molar-refractivity contribution is 0.0989. The van der Waals surface area contributed by atoms with Crippen molar-refractivity contribution in [2.24, 2.45) is 0 Å². The van der Waals surface area contributed by atoms with Crippen molar-refractivity contribution in [3.63, 3.8) is 0 Å². The van der Waals surface area contributed by atoms with Gasteiger partial charge < -0.3 is 10.0 Å². The zero-order valence-corrected chi connectivity index (χ0v) is 12.1. The highest BCUT2D eigenvalue weighted by Gasteiger charge is 2.19. The lowest BCUT2D eigenvalue weighted by Gasteiger charge is -2.29. The van der Waals surface area contributed by atoms with Gasteiger partial charge in [0.2, 0.25) is 0 Å². The van der Waals surface area contributed by atoms with Crippen molar-refractivity contribution in [2.75, 3.05) is 13.6 Å². The van der Waals surface area contributed by atoms with Crippen LogP contribution in [-0.4, -0.2) is 35.7 Å². The quantitative estimate of drug-likeness (QED) is 0.823. The molecule has 0 spiro atoms. The van der Waals surface area contributed by atoms with Gasteiger partial charge in [0.1, 0.15) is 0 Å². The van der Waals surface area contributed by atoms with Crippen molar-refractivity contribution >= 4 is 0 Å². The van der Waals surface area contributed by atoms with Crippen molar-refractivity contribution in [3.05, 3.63) is 35.9 Å². The molecule has 1 fully saturated rings. The maximum atomic E-state index is 10.2. The standard InChI is InChI=1S/C17H27NO/c1-18(16-11-7-2-3-8-12-16)14-17(19)13-15-9-5-4-6-10-15/h4-6,9-10,16-17,19H,2-3,7-8,11-14H2,1H3. The van der Waals surface area contributed by atoms with E-state index < -0.39 is 0 Å². The lowest BCUT2D eigenvalue weighted by Crippen LogP contribution is -2.38. The molecule has 1 atom stereocenters. The summed E-state index contributed by atoms with van der Waals surface area (Å²) in [6.45, 7) is 0.791. The molecular weight excluding hydrogens is 234 g/mol. The molecule has 0 bridgehead atoms. The molecule has 1 saturated carbocycles. The highest BCUT2D eigenvalue weighted by atomic mass is 16.3. The number of hydrogen-bond donors (Lipinski definition) is 1. The van der Waals surface area contributed by atoms with Gasteiger partial charge in [-0.1, -0.05) is 56.0 Å². The van der Waals surface area contributed by atoms with E-state index in [0.29, 0.717) is 6.04 Å². The molecule has 1 aromatic rings. The fourth-order valence-electron chi connectivity index (χ4n) is 3.13. The summed E-state index contributed by atoms with van der Waals surface area (Å²) in [5, 5.41) is 10.2. The van der Waals surface area contributed by atoms with Crippen molar-refractivity contribution in [1.82, 2.24) is 4.90 Å². The van der Waals surface area contributed by atoms with Crippen LogP contribution in [0.25, 0.3) is 0 Å². The molecule has 1 aliphatic carbocycles. The van der Waals surface area contributed by atoms with Gasteiger partial charge in [0.15, 0.2) is 0 Å². The van der Waals surface area contributed by atoms with Gasteiger partial charge in [0.25, 0.3) is 0 Å². The first kappa shape index (κ1) is 14.5. The number of aliphatic hydroxyl groups is 1. The number of rotatable bonds is 5. The van der Waals surface area contributed by atoms with Crippen LogP contribution in [0.15, 0.2) is 30.3 Å². The van der Waals surface area contributed by atoms with E-state index in [0.717, 1.165) is 13.0 Å². The molecular formula is C17H27NO. The summed E-state index contributed by atoms with van der Waals surface area (Å²) < 4.78 is 0. The van der Waals surface area contributed by atoms with Gasteiger partial charge in [-0.05, 0) is 31.9 Å². The molecule has 0 heterocycles. The Labute approximate surface area is 117 Å². The van der Waals surface area contributed by atoms with Crippen LogP contribution in [-0.2, 0) is 6.42 Å². The van der Waals surface area contributed by atoms with E-state index in [2.05, 4.69) is 24.1 Å². The number of likely N-dealkylation sites (N-methyl/N-ethyl adjacent to an activating group) is 1. The molecule has 2 rings (SSSR count). The van der Waals surface area contributed by atoms with Crippen molar-refractivity contribution in [1.29, 1.82) is 0 Å². The minimum Gasteiger partial charge on any atom is -0.391 e. The van der Waals surface area contributed by atoms with Gasteiger partial charge in [-0.3, -0.25) is 0 Å². The molecule has 0 aromatic heterocycles. The third kappa shape index (κ3) is 4.96. The Balaban J connectivity index is 1.79. The van der Waals surface area contributed by atoms with Crippen LogP contribution in [0.4, 0.5) is 0 Å². The molecule has 106 valence electrons. The molecule has 0 saturated heterocycles. The molecule has 0 radical (unpaired) electrons. The van der Waals surface area contributed by atoms with Gasteiger partial charge in [0.05, 0.1) is 6.10 Å². The van der Waals surface area contributed by atoms with Gasteiger partial charge >= 0.3 is 0 Å². The average Bonchev–Trinajstić information content (AvgIpc) is 2.68. The summed E-state index contributed by atoms with van der Waals surface area (Å²) in [6.07, 6.45) is 8.58. The molecule has 1 unspecified atom stereocenters. The van der Waals surface area contributed by atoms with Crippen LogP contribution in [0.5, 0.6) is 0 Å². The lowest BCUT2D eigenvalue weighted by atomic mass is 10.0. The van der Waals surface area contributed by atoms with Gasteiger partial charge in [-0.15, -0.1) is 0 Å². The monoisotopic (exact) mass is 261 g/mol. The van der Waals surface area contributed by atoms with Crippen molar-refractivity contribution in [2.45, 2.75) is 57.1 Å². The average molecular weight is 261 g/mol. The topological polar surface area (TPSA) is 23.5 Å². The smallest absolute Gasteiger partial charge is 0.0707 e. The minimum absolute atomic E-state index is 0.254. The highest BCUT2D eigenvalue weighted by Crippen LogP contribution is 2.21. The Bertz CT molecular complexity index is 344. The molecule has 0 amide bonds. The number of hydrogen-bond acceptors (Lipinski definition) is 2. The summed E-state index contributed by atoms with van der Waals surface area (Å²) in [4.78, 5) is 2.37. The second-order valence-electron chi connectivity index (χ2n) is 5.93. The highest BCUT2D eigenvalue weighted by molar-refractivity contribution is 5.15. The van der Waals surface area contributed by atoms with E-state index in [9.17, 15) is 5.11 Å². The Kier molecular flexibility index (Phi) is 5.87. The SMILES string of the molecule is CN(CC(O)Cc1ccccc1)C1CCCCCC1. The molecule has 1 N–H and O–H groups in total. The van der Waals surface area contributed by atoms with Crippen LogP contribution in [0.3, 0.4) is 0 Å². The van der Waals surface area contributed by atoms with Crippen molar-refractivity contribution < 1.29 is 5.11 Å². The molecule has 1 aliphatic rings.